The van der Waals surface area contributed by atoms with Crippen molar-refractivity contribution in [3.8, 4) is 0 Å². The highest BCUT2D eigenvalue weighted by Gasteiger charge is 1.72. The summed E-state index contributed by atoms with van der Waals surface area (Å²) in [7, 11) is 0. The maximum absolute atomic E-state index is 3.55. The van der Waals surface area contributed by atoms with Crippen molar-refractivity contribution in [1.82, 2.24) is 0 Å². The van der Waals surface area contributed by atoms with Gasteiger partial charge in [0.25, 0.3) is 0 Å². The van der Waals surface area contributed by atoms with E-state index in [1.165, 1.54) is 0 Å². The maximum atomic E-state index is 3.55. The van der Waals surface area contributed by atoms with Crippen LogP contribution in [-0.2, 0) is 0 Å². The molecule has 1 aliphatic rings. The molecule has 60 valence electrons. The Morgan fingerprint density at radius 2 is 1.45 bits per heavy atom. The van der Waals surface area contributed by atoms with Crippen LogP contribution in [-0.4, -0.2) is 0 Å². The molecular formula is C11H16. The van der Waals surface area contributed by atoms with Gasteiger partial charge in [0.2, 0.25) is 0 Å². The van der Waals surface area contributed by atoms with Gasteiger partial charge in [0.05, 0.1) is 0 Å². The fourth-order valence-corrected chi connectivity index (χ4v) is 0.629. The molecule has 0 saturated carbocycles. The van der Waals surface area contributed by atoms with Gasteiger partial charge in [-0.3, -0.25) is 0 Å². The topological polar surface area (TPSA) is 0 Å². The number of hydrogen-bond acceptors (Lipinski definition) is 0. The zero-order valence-corrected chi connectivity index (χ0v) is 7.00. The van der Waals surface area contributed by atoms with Crippen molar-refractivity contribution in [3.05, 3.63) is 49.6 Å². The molecule has 0 aromatic rings. The lowest BCUT2D eigenvalue weighted by Gasteiger charge is -1.76. The lowest BCUT2D eigenvalue weighted by molar-refractivity contribution is 1.06. The first-order valence-electron chi connectivity index (χ1n) is 3.95. The van der Waals surface area contributed by atoms with Crippen LogP contribution >= 0.6 is 0 Å². The summed E-state index contributed by atoms with van der Waals surface area (Å²) in [6.07, 6.45) is 15.4. The molecule has 11 heavy (non-hydrogen) atoms. The Morgan fingerprint density at radius 3 is 1.64 bits per heavy atom. The van der Waals surface area contributed by atoms with Crippen LogP contribution in [0.25, 0.3) is 0 Å². The van der Waals surface area contributed by atoms with Gasteiger partial charge < -0.3 is 0 Å². The van der Waals surface area contributed by atoms with E-state index in [2.05, 4.69) is 37.5 Å². The first kappa shape index (κ1) is 9.96. The summed E-state index contributed by atoms with van der Waals surface area (Å²) < 4.78 is 0. The van der Waals surface area contributed by atoms with Crippen LogP contribution in [0.1, 0.15) is 19.3 Å². The smallest absolute Gasteiger partial charge is 0.0163 e. The Kier molecular flexibility index (Phi) is 8.11. The molecule has 0 amide bonds. The third-order valence-electron chi connectivity index (χ3n) is 1.23. The van der Waals surface area contributed by atoms with E-state index in [4.69, 9.17) is 0 Å². The Bertz CT molecular complexity index is 131. The first-order chi connectivity index (χ1) is 5.41. The molecule has 0 heterocycles. The van der Waals surface area contributed by atoms with E-state index in [1.54, 1.807) is 0 Å². The van der Waals surface area contributed by atoms with Gasteiger partial charge in [-0.1, -0.05) is 36.5 Å². The summed E-state index contributed by atoms with van der Waals surface area (Å²) in [6.45, 7) is 7.10. The van der Waals surface area contributed by atoms with E-state index < -0.39 is 0 Å². The van der Waals surface area contributed by atoms with Crippen LogP contribution in [0.3, 0.4) is 0 Å². The second-order valence-electron chi connectivity index (χ2n) is 2.25. The SMILES string of the molecule is C1=CCC=C1.C=CCCC=C. The molecule has 0 unspecified atom stereocenters. The van der Waals surface area contributed by atoms with Crippen LogP contribution in [0, 0.1) is 0 Å². The van der Waals surface area contributed by atoms with Gasteiger partial charge in [-0.05, 0) is 19.3 Å². The molecule has 0 spiro atoms. The predicted octanol–water partition coefficient (Wildman–Crippen LogP) is 3.64. The molecule has 0 aromatic carbocycles. The molecule has 0 heteroatoms. The van der Waals surface area contributed by atoms with Gasteiger partial charge in [-0.25, -0.2) is 0 Å². The monoisotopic (exact) mass is 148 g/mol. The van der Waals surface area contributed by atoms with Crippen molar-refractivity contribution in [2.45, 2.75) is 19.3 Å². The van der Waals surface area contributed by atoms with Crippen molar-refractivity contribution < 1.29 is 0 Å². The first-order valence-corrected chi connectivity index (χ1v) is 3.95. The minimum atomic E-state index is 1.06. The second-order valence-corrected chi connectivity index (χ2v) is 2.25. The van der Waals surface area contributed by atoms with E-state index in [9.17, 15) is 0 Å². The lowest BCUT2D eigenvalue weighted by atomic mass is 10.3. The van der Waals surface area contributed by atoms with Gasteiger partial charge in [0, 0.05) is 0 Å². The zero-order valence-electron chi connectivity index (χ0n) is 7.00. The normalized spacial score (nSPS) is 12.0. The van der Waals surface area contributed by atoms with E-state index >= 15 is 0 Å². The maximum Gasteiger partial charge on any atom is -0.0163 e. The zero-order chi connectivity index (χ0) is 8.36. The third-order valence-corrected chi connectivity index (χ3v) is 1.23. The number of unbranched alkanes of at least 4 members (excludes halogenated alkanes) is 1. The predicted molar refractivity (Wildman–Crippen MR) is 52.5 cm³/mol. The second kappa shape index (κ2) is 8.96. The summed E-state index contributed by atoms with van der Waals surface area (Å²) in [5.41, 5.74) is 0. The van der Waals surface area contributed by atoms with Gasteiger partial charge in [-0.15, -0.1) is 13.2 Å². The number of rotatable bonds is 3. The molecule has 0 bridgehead atoms. The molecule has 0 aromatic heterocycles. The highest BCUT2D eigenvalue weighted by Crippen LogP contribution is 1.93. The molecule has 0 saturated heterocycles. The third kappa shape index (κ3) is 8.96. The molecule has 0 nitrogen and oxygen atoms in total. The fourth-order valence-electron chi connectivity index (χ4n) is 0.629. The molecule has 0 N–H and O–H groups in total. The lowest BCUT2D eigenvalue weighted by Crippen LogP contribution is -1.56. The Balaban J connectivity index is 0.000000183. The molecule has 0 fully saturated rings. The van der Waals surface area contributed by atoms with E-state index in [-0.39, 0.29) is 0 Å². The van der Waals surface area contributed by atoms with Gasteiger partial charge in [-0.2, -0.15) is 0 Å². The van der Waals surface area contributed by atoms with Crippen LogP contribution in [0.15, 0.2) is 49.6 Å². The summed E-state index contributed by atoms with van der Waals surface area (Å²) in [5, 5.41) is 0. The van der Waals surface area contributed by atoms with Crippen LogP contribution in [0.2, 0.25) is 0 Å². The summed E-state index contributed by atoms with van der Waals surface area (Å²) in [6, 6.07) is 0. The van der Waals surface area contributed by atoms with E-state index in [0.717, 1.165) is 19.3 Å². The van der Waals surface area contributed by atoms with Gasteiger partial charge in [0.1, 0.15) is 0 Å². The molecule has 0 aliphatic heterocycles. The highest BCUT2D eigenvalue weighted by atomic mass is 13.8. The fraction of sp³-hybridized carbons (Fsp3) is 0.273. The Morgan fingerprint density at radius 1 is 1.00 bits per heavy atom. The van der Waals surface area contributed by atoms with Gasteiger partial charge in [0.15, 0.2) is 0 Å². The van der Waals surface area contributed by atoms with E-state index in [1.807, 2.05) is 12.2 Å². The molecule has 0 radical (unpaired) electrons. The molecule has 1 aliphatic carbocycles. The van der Waals surface area contributed by atoms with E-state index in [0.29, 0.717) is 0 Å². The van der Waals surface area contributed by atoms with Gasteiger partial charge >= 0.3 is 0 Å². The summed E-state index contributed by atoms with van der Waals surface area (Å²) >= 11 is 0. The highest BCUT2D eigenvalue weighted by molar-refractivity contribution is 5.11. The molecular weight excluding hydrogens is 132 g/mol. The number of hydrogen-bond donors (Lipinski definition) is 0. The van der Waals surface area contributed by atoms with Crippen LogP contribution < -0.4 is 0 Å². The minimum Gasteiger partial charge on any atom is -0.103 e. The average molecular weight is 148 g/mol. The van der Waals surface area contributed by atoms with Crippen molar-refractivity contribution in [1.29, 1.82) is 0 Å². The molecule has 1 rings (SSSR count). The molecule has 0 atom stereocenters. The Hall–Kier alpha value is -1.04. The summed E-state index contributed by atoms with van der Waals surface area (Å²) in [4.78, 5) is 0. The van der Waals surface area contributed by atoms with Crippen molar-refractivity contribution >= 4 is 0 Å². The van der Waals surface area contributed by atoms with Crippen LogP contribution in [0.4, 0.5) is 0 Å². The van der Waals surface area contributed by atoms with Crippen molar-refractivity contribution in [2.24, 2.45) is 0 Å². The quantitative estimate of drug-likeness (QED) is 0.423. The Labute approximate surface area is 69.6 Å². The van der Waals surface area contributed by atoms with Crippen LogP contribution in [0.5, 0.6) is 0 Å². The number of allylic oxidation sites excluding steroid dienone is 6. The van der Waals surface area contributed by atoms with Crippen molar-refractivity contribution in [2.75, 3.05) is 0 Å². The standard InChI is InChI=1S/C6H10.C5H6/c1-3-5-6-4-2;1-2-4-5-3-1/h3-4H,1-2,5-6H2;1-4H,5H2. The largest absolute Gasteiger partial charge is 0.103 e. The van der Waals surface area contributed by atoms with Crippen molar-refractivity contribution in [3.63, 3.8) is 0 Å². The minimum absolute atomic E-state index is 1.06. The summed E-state index contributed by atoms with van der Waals surface area (Å²) in [5.74, 6) is 0. The average Bonchev–Trinajstić information content (AvgIpc) is 2.57.